The maximum atomic E-state index is 14.2. The summed E-state index contributed by atoms with van der Waals surface area (Å²) < 4.78 is 15.6. The largest absolute Gasteiger partial charge is 0.502 e. The van der Waals surface area contributed by atoms with Crippen molar-refractivity contribution in [2.75, 3.05) is 11.9 Å². The Morgan fingerprint density at radius 3 is 2.77 bits per heavy atom. The number of fused-ring (bicyclic) bond motifs is 1. The first kappa shape index (κ1) is 20.5. The second-order valence-corrected chi connectivity index (χ2v) is 7.31. The van der Waals surface area contributed by atoms with Crippen molar-refractivity contribution in [1.82, 2.24) is 14.5 Å². The summed E-state index contributed by atoms with van der Waals surface area (Å²) in [7, 11) is 0. The normalized spacial score (nSPS) is 13.1. The molecular formula is C21H16ClFN4O4. The molecule has 10 heteroatoms. The Bertz CT molecular complexity index is 1250. The van der Waals surface area contributed by atoms with E-state index in [0.717, 1.165) is 0 Å². The number of hydrogen-bond donors (Lipinski definition) is 2. The van der Waals surface area contributed by atoms with Crippen LogP contribution < -0.4 is 10.7 Å². The number of amides is 2. The highest BCUT2D eigenvalue weighted by molar-refractivity contribution is 6.30. The van der Waals surface area contributed by atoms with E-state index < -0.39 is 28.8 Å². The van der Waals surface area contributed by atoms with Gasteiger partial charge >= 0.3 is 0 Å². The lowest BCUT2D eigenvalue weighted by molar-refractivity contribution is 0.0681. The third-order valence-corrected chi connectivity index (χ3v) is 5.21. The number of carbonyl (C=O) groups is 2. The van der Waals surface area contributed by atoms with E-state index in [1.165, 1.54) is 46.3 Å². The molecule has 31 heavy (non-hydrogen) atoms. The molecule has 1 aromatic carbocycles. The number of nitrogens with one attached hydrogen (secondary N) is 1. The molecule has 0 saturated carbocycles. The Hall–Kier alpha value is -3.72. The maximum Gasteiger partial charge on any atom is 0.274 e. The Morgan fingerprint density at radius 1 is 1.23 bits per heavy atom. The third-order valence-electron chi connectivity index (χ3n) is 4.92. The molecule has 0 spiro atoms. The van der Waals surface area contributed by atoms with Crippen LogP contribution in [-0.4, -0.2) is 37.9 Å². The number of halogens is 2. The van der Waals surface area contributed by atoms with Gasteiger partial charge in [-0.1, -0.05) is 23.7 Å². The predicted molar refractivity (Wildman–Crippen MR) is 111 cm³/mol. The van der Waals surface area contributed by atoms with Gasteiger partial charge in [0.15, 0.2) is 11.4 Å². The Balaban J connectivity index is 1.62. The third kappa shape index (κ3) is 3.87. The van der Waals surface area contributed by atoms with E-state index in [9.17, 15) is 23.9 Å². The highest BCUT2D eigenvalue weighted by Gasteiger charge is 2.30. The molecule has 0 saturated heterocycles. The summed E-state index contributed by atoms with van der Waals surface area (Å²) >= 11 is 5.80. The molecule has 1 aliphatic rings. The molecular weight excluding hydrogens is 427 g/mol. The summed E-state index contributed by atoms with van der Waals surface area (Å²) in [6.07, 6.45) is 4.14. The molecule has 8 nitrogen and oxygen atoms in total. The van der Waals surface area contributed by atoms with E-state index >= 15 is 0 Å². The van der Waals surface area contributed by atoms with Crippen LogP contribution in [0.3, 0.4) is 0 Å². The number of hydrogen-bond acceptors (Lipinski definition) is 5. The average molecular weight is 443 g/mol. The standard InChI is InChI=1S/C21H16ClFN4O4/c22-14-5-1-3-13(16(14)23)10-27-8-7-26-11-15(18(28)19(29)17(26)21(27)31)25-20(30)12-4-2-6-24-9-12/h1-6,9,11,29H,7-8,10H2,(H,25,30). The highest BCUT2D eigenvalue weighted by atomic mass is 35.5. The van der Waals surface area contributed by atoms with Crippen molar-refractivity contribution in [3.63, 3.8) is 0 Å². The monoisotopic (exact) mass is 442 g/mol. The van der Waals surface area contributed by atoms with Crippen LogP contribution >= 0.6 is 11.6 Å². The average Bonchev–Trinajstić information content (AvgIpc) is 2.77. The molecule has 3 heterocycles. The molecule has 158 valence electrons. The van der Waals surface area contributed by atoms with Crippen molar-refractivity contribution in [3.8, 4) is 5.75 Å². The van der Waals surface area contributed by atoms with Crippen molar-refractivity contribution in [2.45, 2.75) is 13.1 Å². The van der Waals surface area contributed by atoms with Crippen LogP contribution in [0.15, 0.2) is 53.7 Å². The van der Waals surface area contributed by atoms with Crippen LogP contribution in [0, 0.1) is 5.82 Å². The first-order chi connectivity index (χ1) is 14.9. The number of pyridine rings is 2. The van der Waals surface area contributed by atoms with E-state index in [0.29, 0.717) is 0 Å². The minimum Gasteiger partial charge on any atom is -0.502 e. The van der Waals surface area contributed by atoms with Crippen LogP contribution in [0.1, 0.15) is 26.4 Å². The molecule has 1 aliphatic heterocycles. The smallest absolute Gasteiger partial charge is 0.274 e. The first-order valence-electron chi connectivity index (χ1n) is 9.26. The summed E-state index contributed by atoms with van der Waals surface area (Å²) in [6, 6.07) is 7.58. The van der Waals surface area contributed by atoms with Gasteiger partial charge in [-0.25, -0.2) is 4.39 Å². The van der Waals surface area contributed by atoms with Crippen LogP contribution in [-0.2, 0) is 13.1 Å². The zero-order chi connectivity index (χ0) is 22.1. The molecule has 2 aromatic heterocycles. The van der Waals surface area contributed by atoms with E-state index in [-0.39, 0.29) is 47.2 Å². The molecule has 0 unspecified atom stereocenters. The molecule has 2 amide bonds. The predicted octanol–water partition coefficient (Wildman–Crippen LogP) is 2.65. The number of aromatic nitrogens is 2. The number of aromatic hydroxyl groups is 1. The van der Waals surface area contributed by atoms with Crippen molar-refractivity contribution >= 4 is 29.1 Å². The van der Waals surface area contributed by atoms with Gasteiger partial charge in [-0.05, 0) is 18.2 Å². The summed E-state index contributed by atoms with van der Waals surface area (Å²) in [6.45, 7) is 0.362. The van der Waals surface area contributed by atoms with Gasteiger partial charge in [0.2, 0.25) is 5.43 Å². The molecule has 2 N–H and O–H groups in total. The summed E-state index contributed by atoms with van der Waals surface area (Å²) in [4.78, 5) is 43.0. The Kier molecular flexibility index (Phi) is 5.43. The van der Waals surface area contributed by atoms with Crippen LogP contribution in [0.25, 0.3) is 0 Å². The van der Waals surface area contributed by atoms with Gasteiger partial charge in [0, 0.05) is 43.8 Å². The molecule has 0 bridgehead atoms. The van der Waals surface area contributed by atoms with E-state index in [1.54, 1.807) is 12.1 Å². The molecule has 3 aromatic rings. The van der Waals surface area contributed by atoms with Gasteiger partial charge in [-0.15, -0.1) is 0 Å². The first-order valence-corrected chi connectivity index (χ1v) is 9.64. The van der Waals surface area contributed by atoms with Crippen molar-refractivity contribution in [1.29, 1.82) is 0 Å². The zero-order valence-electron chi connectivity index (χ0n) is 16.0. The van der Waals surface area contributed by atoms with Crippen LogP contribution in [0.2, 0.25) is 5.02 Å². The minimum absolute atomic E-state index is 0.0598. The number of rotatable bonds is 4. The van der Waals surface area contributed by atoms with Gasteiger partial charge in [-0.3, -0.25) is 19.4 Å². The quantitative estimate of drug-likeness (QED) is 0.646. The summed E-state index contributed by atoms with van der Waals surface area (Å²) in [5.74, 6) is -2.63. The fourth-order valence-electron chi connectivity index (χ4n) is 3.34. The van der Waals surface area contributed by atoms with E-state index in [1.807, 2.05) is 0 Å². The Morgan fingerprint density at radius 2 is 2.03 bits per heavy atom. The van der Waals surface area contributed by atoms with Gasteiger partial charge < -0.3 is 19.9 Å². The molecule has 0 fully saturated rings. The van der Waals surface area contributed by atoms with E-state index in [2.05, 4.69) is 10.3 Å². The van der Waals surface area contributed by atoms with Crippen molar-refractivity contribution < 1.29 is 19.1 Å². The summed E-state index contributed by atoms with van der Waals surface area (Å²) in [5.41, 5.74) is -0.839. The van der Waals surface area contributed by atoms with Crippen molar-refractivity contribution in [2.24, 2.45) is 0 Å². The zero-order valence-corrected chi connectivity index (χ0v) is 16.8. The lowest BCUT2D eigenvalue weighted by Gasteiger charge is -2.30. The number of benzene rings is 1. The fourth-order valence-corrected chi connectivity index (χ4v) is 3.53. The number of nitrogens with zero attached hydrogens (tertiary/aromatic N) is 3. The van der Waals surface area contributed by atoms with Gasteiger partial charge in [0.25, 0.3) is 11.8 Å². The lowest BCUT2D eigenvalue weighted by Crippen LogP contribution is -2.41. The molecule has 0 aliphatic carbocycles. The second-order valence-electron chi connectivity index (χ2n) is 6.90. The highest BCUT2D eigenvalue weighted by Crippen LogP contribution is 2.25. The molecule has 0 radical (unpaired) electrons. The maximum absolute atomic E-state index is 14.2. The van der Waals surface area contributed by atoms with Gasteiger partial charge in [0.05, 0.1) is 10.6 Å². The van der Waals surface area contributed by atoms with Crippen LogP contribution in [0.4, 0.5) is 10.1 Å². The molecule has 0 atom stereocenters. The van der Waals surface area contributed by atoms with Crippen LogP contribution in [0.5, 0.6) is 5.75 Å². The Labute approximate surface area is 180 Å². The van der Waals surface area contributed by atoms with Gasteiger partial charge in [-0.2, -0.15) is 0 Å². The fraction of sp³-hybridized carbons (Fsp3) is 0.143. The molecule has 4 rings (SSSR count). The van der Waals surface area contributed by atoms with E-state index in [4.69, 9.17) is 11.6 Å². The minimum atomic E-state index is -0.896. The SMILES string of the molecule is O=C(Nc1cn2c(c(O)c1=O)C(=O)N(Cc1cccc(Cl)c1F)CC2)c1cccnc1. The summed E-state index contributed by atoms with van der Waals surface area (Å²) in [5, 5.41) is 12.8. The van der Waals surface area contributed by atoms with Crippen molar-refractivity contribution in [3.05, 3.63) is 86.8 Å². The number of anilines is 1. The second kappa shape index (κ2) is 8.19. The lowest BCUT2D eigenvalue weighted by atomic mass is 10.1. The topological polar surface area (TPSA) is 105 Å². The number of carbonyl (C=O) groups excluding carboxylic acids is 2. The van der Waals surface area contributed by atoms with Gasteiger partial charge in [0.1, 0.15) is 11.5 Å².